The summed E-state index contributed by atoms with van der Waals surface area (Å²) in [6, 6.07) is 13.7. The molecule has 18 heteroatoms. The highest BCUT2D eigenvalue weighted by molar-refractivity contribution is 5.88. The second kappa shape index (κ2) is 25.1. The van der Waals surface area contributed by atoms with E-state index in [9.17, 15) is 27.6 Å². The van der Waals surface area contributed by atoms with Crippen molar-refractivity contribution in [2.75, 3.05) is 27.9 Å². The molecule has 3 rings (SSSR count). The number of hydrogen-bond donors (Lipinski definition) is 1. The molecule has 0 bridgehead atoms. The first kappa shape index (κ1) is 55.2. The quantitative estimate of drug-likeness (QED) is 0.0387. The van der Waals surface area contributed by atoms with Crippen LogP contribution in [0.2, 0.25) is 0 Å². The van der Waals surface area contributed by atoms with E-state index in [-0.39, 0.29) is 6.42 Å². The third-order valence-corrected chi connectivity index (χ3v) is 11.0. The largest absolute Gasteiger partial charge is 0.461 e. The first-order valence-corrected chi connectivity index (χ1v) is 21.4. The van der Waals surface area contributed by atoms with E-state index < -0.39 is 88.6 Å². The number of hydrogen-bond acceptors (Lipinski definition) is 8. The van der Waals surface area contributed by atoms with Crippen LogP contribution in [0.25, 0.3) is 0 Å². The Bertz CT molecular complexity index is 2010. The fourth-order valence-electron chi connectivity index (χ4n) is 7.40. The Kier molecular flexibility index (Phi) is 21.0. The van der Waals surface area contributed by atoms with Crippen LogP contribution in [0, 0.1) is 11.8 Å². The Morgan fingerprint density at radius 3 is 1.27 bits per heavy atom. The molecule has 1 amide bonds. The third kappa shape index (κ3) is 13.1. The van der Waals surface area contributed by atoms with Gasteiger partial charge in [0, 0.05) is 44.4 Å². The van der Waals surface area contributed by atoms with Gasteiger partial charge in [-0.2, -0.15) is 39.5 Å². The van der Waals surface area contributed by atoms with Crippen LogP contribution in [0.1, 0.15) is 101 Å². The second-order valence-corrected chi connectivity index (χ2v) is 15.4. The summed E-state index contributed by atoms with van der Waals surface area (Å²) in [5.74, 6) is -1.53. The van der Waals surface area contributed by atoms with E-state index >= 15 is 26.3 Å². The lowest BCUT2D eigenvalue weighted by Crippen LogP contribution is -2.61. The summed E-state index contributed by atoms with van der Waals surface area (Å²) in [7, 11) is 1.61. The van der Waals surface area contributed by atoms with Crippen LogP contribution in [-0.4, -0.2) is 76.5 Å². The summed E-state index contributed by atoms with van der Waals surface area (Å²) in [5, 5.41) is 1.88. The van der Waals surface area contributed by atoms with Gasteiger partial charge in [-0.1, -0.05) is 174 Å². The van der Waals surface area contributed by atoms with Crippen molar-refractivity contribution in [3.63, 3.8) is 0 Å². The van der Waals surface area contributed by atoms with Crippen molar-refractivity contribution in [1.29, 1.82) is 0 Å². The molecule has 3 aromatic rings. The number of ether oxygens (including phenoxy) is 5. The molecule has 364 valence electrons. The van der Waals surface area contributed by atoms with Gasteiger partial charge in [-0.3, -0.25) is 4.79 Å². The number of alkyl halides is 9. The zero-order chi connectivity index (χ0) is 49.1. The lowest BCUT2D eigenvalue weighted by Gasteiger charge is -2.37. The summed E-state index contributed by atoms with van der Waals surface area (Å²) in [6.07, 6.45) is -8.69. The minimum Gasteiger partial charge on any atom is -0.461 e. The van der Waals surface area contributed by atoms with Crippen LogP contribution in [0.3, 0.4) is 0 Å². The molecule has 9 nitrogen and oxygen atoms in total. The van der Waals surface area contributed by atoms with Crippen molar-refractivity contribution in [2.24, 2.45) is 0 Å². The minimum absolute atomic E-state index is 0.0116. The van der Waals surface area contributed by atoms with Crippen molar-refractivity contribution >= 4 is 17.8 Å². The van der Waals surface area contributed by atoms with E-state index in [0.717, 1.165) is 118 Å². The normalized spacial score (nSPS) is 15.7. The molecule has 0 unspecified atom stereocenters. The zero-order valence-corrected chi connectivity index (χ0v) is 37.2. The van der Waals surface area contributed by atoms with Gasteiger partial charge in [-0.05, 0) is 6.42 Å². The van der Waals surface area contributed by atoms with Gasteiger partial charge in [0.1, 0.15) is 12.6 Å². The summed E-state index contributed by atoms with van der Waals surface area (Å²) >= 11 is 0. The Morgan fingerprint density at radius 2 is 0.894 bits per heavy atom. The van der Waals surface area contributed by atoms with Gasteiger partial charge >= 0.3 is 30.5 Å². The van der Waals surface area contributed by atoms with Crippen LogP contribution in [-0.2, 0) is 54.9 Å². The van der Waals surface area contributed by atoms with Crippen LogP contribution in [0.15, 0.2) is 91.0 Å². The highest BCUT2D eigenvalue weighted by Gasteiger charge is 2.67. The summed E-state index contributed by atoms with van der Waals surface area (Å²) in [5.41, 5.74) is -14.1. The number of carbonyl (C=O) groups excluding carboxylic acids is 3. The van der Waals surface area contributed by atoms with Gasteiger partial charge in [0.15, 0.2) is 6.10 Å². The van der Waals surface area contributed by atoms with Crippen molar-refractivity contribution in [3.8, 4) is 11.8 Å². The van der Waals surface area contributed by atoms with Gasteiger partial charge in [-0.25, -0.2) is 9.59 Å². The zero-order valence-electron chi connectivity index (χ0n) is 37.2. The number of carbonyl (C=O) groups is 3. The minimum atomic E-state index is -5.59. The maximum Gasteiger partial charge on any atom is 0.432 e. The number of halogens is 9. The van der Waals surface area contributed by atoms with E-state index in [2.05, 4.69) is 18.8 Å². The molecule has 0 aliphatic rings. The first-order valence-electron chi connectivity index (χ1n) is 21.4. The molecule has 0 aliphatic heterocycles. The van der Waals surface area contributed by atoms with Crippen molar-refractivity contribution in [1.82, 2.24) is 5.32 Å². The fourth-order valence-corrected chi connectivity index (χ4v) is 7.40. The number of benzene rings is 3. The summed E-state index contributed by atoms with van der Waals surface area (Å²) in [6.45, 7) is 0.556. The molecule has 1 N–H and O–H groups in total. The molecule has 0 aliphatic carbocycles. The van der Waals surface area contributed by atoms with E-state index in [1.807, 2.05) is 5.32 Å². The van der Waals surface area contributed by atoms with E-state index in [1.54, 1.807) is 0 Å². The molecule has 0 saturated heterocycles. The lowest BCUT2D eigenvalue weighted by molar-refractivity contribution is -0.279. The Hall–Kier alpha value is -5.12. The highest BCUT2D eigenvalue weighted by Crippen LogP contribution is 2.46. The number of rotatable bonds is 25. The predicted octanol–water partition coefficient (Wildman–Crippen LogP) is 10.9. The third-order valence-electron chi connectivity index (χ3n) is 11.0. The molecular formula is C48H56F9NO8. The van der Waals surface area contributed by atoms with Crippen LogP contribution in [0.4, 0.5) is 39.5 Å². The SMILES string of the molecule is CCCCCCCCCCCCCC#C[C@H](OC(=O)[C@](OC)(c1ccccc1)C(F)(F)F)[C@@H](COC(=O)[C@](OC)(c1ccccc1)C(F)(F)F)NC(=O)[C@](OC)(c1ccccc1)C(F)(F)F. The second-order valence-electron chi connectivity index (χ2n) is 15.4. The smallest absolute Gasteiger partial charge is 0.432 e. The van der Waals surface area contributed by atoms with Crippen molar-refractivity contribution in [3.05, 3.63) is 108 Å². The van der Waals surface area contributed by atoms with Crippen LogP contribution in [0.5, 0.6) is 0 Å². The van der Waals surface area contributed by atoms with Gasteiger partial charge in [0.2, 0.25) is 0 Å². The molecule has 0 spiro atoms. The Labute approximate surface area is 379 Å². The summed E-state index contributed by atoms with van der Waals surface area (Å²) < 4.78 is 160. The molecule has 0 aromatic heterocycles. The monoisotopic (exact) mass is 945 g/mol. The molecule has 0 saturated carbocycles. The van der Waals surface area contributed by atoms with E-state index in [4.69, 9.17) is 23.7 Å². The molecular weight excluding hydrogens is 890 g/mol. The Balaban J connectivity index is 2.16. The van der Waals surface area contributed by atoms with E-state index in [1.165, 1.54) is 31.0 Å². The molecule has 0 fully saturated rings. The maximum atomic E-state index is 15.1. The average Bonchev–Trinajstić information content (AvgIpc) is 3.27. The number of unbranched alkanes of at least 4 members (excludes halogenated alkanes) is 11. The number of methoxy groups -OCH3 is 3. The van der Waals surface area contributed by atoms with Crippen molar-refractivity contribution < 1.29 is 77.6 Å². The standard InChI is InChI=1S/C48H56F9NO8/c1-5-6-7-8-9-10-11-12-13-14-15-16-26-33-39(66-42(61)45(64-4,48(55,56)57)37-31-24-19-25-32-37)38(58-40(59)43(62-2,46(49,50)51)35-27-20-17-21-28-35)34-65-41(60)44(63-3,47(52,53)54)36-29-22-18-23-30-36/h17-25,27-32,38-39H,5-16,34H2,1-4H3,(H,58,59)/t38-,39+,43-,44-,45-/m1/s1. The molecule has 66 heavy (non-hydrogen) atoms. The van der Waals surface area contributed by atoms with Crippen LogP contribution >= 0.6 is 0 Å². The van der Waals surface area contributed by atoms with E-state index in [0.29, 0.717) is 34.2 Å². The Morgan fingerprint density at radius 1 is 0.530 bits per heavy atom. The predicted molar refractivity (Wildman–Crippen MR) is 225 cm³/mol. The first-order chi connectivity index (χ1) is 31.2. The molecule has 0 radical (unpaired) electrons. The lowest BCUT2D eigenvalue weighted by atomic mass is 9.90. The number of amides is 1. The van der Waals surface area contributed by atoms with Gasteiger partial charge in [-0.15, -0.1) is 0 Å². The topological polar surface area (TPSA) is 109 Å². The fraction of sp³-hybridized carbons (Fsp3) is 0.521. The van der Waals surface area contributed by atoms with Gasteiger partial charge < -0.3 is 29.0 Å². The highest BCUT2D eigenvalue weighted by atomic mass is 19.4. The molecule has 3 aromatic carbocycles. The maximum absolute atomic E-state index is 15.1. The van der Waals surface area contributed by atoms with Crippen molar-refractivity contribution in [2.45, 2.75) is 131 Å². The number of esters is 2. The van der Waals surface area contributed by atoms with Gasteiger partial charge in [0.05, 0.1) is 0 Å². The van der Waals surface area contributed by atoms with Gasteiger partial charge in [0.25, 0.3) is 22.7 Å². The molecule has 0 heterocycles. The van der Waals surface area contributed by atoms with Crippen LogP contribution < -0.4 is 5.32 Å². The summed E-state index contributed by atoms with van der Waals surface area (Å²) in [4.78, 5) is 41.9. The average molecular weight is 946 g/mol. The number of nitrogens with one attached hydrogen (secondary N) is 1. The molecule has 5 atom stereocenters.